The zero-order chi connectivity index (χ0) is 17.4. The largest absolute Gasteiger partial charge is 0.467 e. The molecule has 2 aromatic rings. The van der Waals surface area contributed by atoms with Crippen molar-refractivity contribution in [1.82, 2.24) is 10.7 Å². The molecule has 124 valence electrons. The van der Waals surface area contributed by atoms with Gasteiger partial charge >= 0.3 is 11.8 Å². The van der Waals surface area contributed by atoms with Crippen LogP contribution in [0, 0.1) is 0 Å². The van der Waals surface area contributed by atoms with Crippen LogP contribution in [-0.2, 0) is 20.9 Å². The van der Waals surface area contributed by atoms with Crippen molar-refractivity contribution in [3.05, 3.63) is 54.0 Å². The van der Waals surface area contributed by atoms with Crippen LogP contribution in [0.2, 0.25) is 0 Å². The summed E-state index contributed by atoms with van der Waals surface area (Å²) in [4.78, 5) is 34.0. The summed E-state index contributed by atoms with van der Waals surface area (Å²) in [6, 6.07) is 10.2. The number of amides is 3. The standard InChI is InChI=1S/C16H16N4O4/c1-11(21)19-13-6-4-12(5-7-13)9-18-20-16(23)15(22)17-10-14-3-2-8-24-14/h2-9H,10H2,1H3,(H,17,22)(H,19,21)(H,20,23)/b18-9-. The van der Waals surface area contributed by atoms with E-state index in [0.29, 0.717) is 17.0 Å². The molecule has 0 unspecified atom stereocenters. The fourth-order valence-electron chi connectivity index (χ4n) is 1.73. The van der Waals surface area contributed by atoms with E-state index in [0.717, 1.165) is 0 Å². The summed E-state index contributed by atoms with van der Waals surface area (Å²) in [7, 11) is 0. The third-order valence-electron chi connectivity index (χ3n) is 2.82. The van der Waals surface area contributed by atoms with Crippen molar-refractivity contribution >= 4 is 29.6 Å². The molecule has 1 heterocycles. The Kier molecular flexibility index (Phi) is 5.84. The Morgan fingerprint density at radius 2 is 1.88 bits per heavy atom. The van der Waals surface area contributed by atoms with Crippen molar-refractivity contribution in [2.45, 2.75) is 13.5 Å². The van der Waals surface area contributed by atoms with Gasteiger partial charge in [-0.3, -0.25) is 14.4 Å². The maximum absolute atomic E-state index is 11.6. The number of nitrogens with zero attached hydrogens (tertiary/aromatic N) is 1. The minimum atomic E-state index is -0.882. The average Bonchev–Trinajstić information content (AvgIpc) is 3.07. The predicted molar refractivity (Wildman–Crippen MR) is 87.0 cm³/mol. The topological polar surface area (TPSA) is 113 Å². The lowest BCUT2D eigenvalue weighted by Gasteiger charge is -2.02. The van der Waals surface area contributed by atoms with Crippen LogP contribution in [0.4, 0.5) is 5.69 Å². The highest BCUT2D eigenvalue weighted by Crippen LogP contribution is 2.07. The molecular formula is C16H16N4O4. The molecule has 1 aromatic heterocycles. The first-order valence-corrected chi connectivity index (χ1v) is 7.06. The number of carbonyl (C=O) groups excluding carboxylic acids is 3. The van der Waals surface area contributed by atoms with E-state index < -0.39 is 11.8 Å². The zero-order valence-corrected chi connectivity index (χ0v) is 12.9. The van der Waals surface area contributed by atoms with Gasteiger partial charge in [-0.25, -0.2) is 5.43 Å². The lowest BCUT2D eigenvalue weighted by atomic mass is 10.2. The molecule has 8 heteroatoms. The van der Waals surface area contributed by atoms with E-state index in [9.17, 15) is 14.4 Å². The lowest BCUT2D eigenvalue weighted by molar-refractivity contribution is -0.139. The number of carbonyl (C=O) groups is 3. The summed E-state index contributed by atoms with van der Waals surface area (Å²) < 4.78 is 5.03. The third-order valence-corrected chi connectivity index (χ3v) is 2.82. The van der Waals surface area contributed by atoms with Gasteiger partial charge < -0.3 is 15.1 Å². The predicted octanol–water partition coefficient (Wildman–Crippen LogP) is 1.00. The molecule has 0 spiro atoms. The highest BCUT2D eigenvalue weighted by atomic mass is 16.3. The normalized spacial score (nSPS) is 10.4. The second-order valence-electron chi connectivity index (χ2n) is 4.76. The van der Waals surface area contributed by atoms with Gasteiger partial charge in [-0.05, 0) is 29.8 Å². The Labute approximate surface area is 137 Å². The molecule has 0 aliphatic carbocycles. The van der Waals surface area contributed by atoms with Gasteiger partial charge in [-0.15, -0.1) is 0 Å². The quantitative estimate of drug-likeness (QED) is 0.432. The summed E-state index contributed by atoms with van der Waals surface area (Å²) in [6.07, 6.45) is 2.86. The number of hydrogen-bond donors (Lipinski definition) is 3. The molecular weight excluding hydrogens is 312 g/mol. The minimum Gasteiger partial charge on any atom is -0.467 e. The van der Waals surface area contributed by atoms with E-state index in [-0.39, 0.29) is 12.5 Å². The van der Waals surface area contributed by atoms with Gasteiger partial charge in [0.1, 0.15) is 5.76 Å². The highest BCUT2D eigenvalue weighted by Gasteiger charge is 2.12. The van der Waals surface area contributed by atoms with Crippen molar-refractivity contribution in [1.29, 1.82) is 0 Å². The van der Waals surface area contributed by atoms with Crippen molar-refractivity contribution in [3.8, 4) is 0 Å². The van der Waals surface area contributed by atoms with Gasteiger partial charge in [0.2, 0.25) is 5.91 Å². The summed E-state index contributed by atoms with van der Waals surface area (Å²) in [6.45, 7) is 1.54. The van der Waals surface area contributed by atoms with Crippen LogP contribution in [0.25, 0.3) is 0 Å². The fraction of sp³-hybridized carbons (Fsp3) is 0.125. The van der Waals surface area contributed by atoms with Gasteiger partial charge in [-0.2, -0.15) is 5.10 Å². The molecule has 3 N–H and O–H groups in total. The van der Waals surface area contributed by atoms with E-state index in [4.69, 9.17) is 4.42 Å². The molecule has 0 atom stereocenters. The lowest BCUT2D eigenvalue weighted by Crippen LogP contribution is -2.37. The fourth-order valence-corrected chi connectivity index (χ4v) is 1.73. The molecule has 0 aliphatic rings. The van der Waals surface area contributed by atoms with Crippen molar-refractivity contribution in [2.75, 3.05) is 5.32 Å². The molecule has 0 fully saturated rings. The van der Waals surface area contributed by atoms with Gasteiger partial charge in [-0.1, -0.05) is 12.1 Å². The molecule has 8 nitrogen and oxygen atoms in total. The van der Waals surface area contributed by atoms with Crippen molar-refractivity contribution in [2.24, 2.45) is 5.10 Å². The number of benzene rings is 1. The summed E-state index contributed by atoms with van der Waals surface area (Å²) in [5.41, 5.74) is 3.47. The first kappa shape index (κ1) is 16.9. The molecule has 0 saturated carbocycles. The zero-order valence-electron chi connectivity index (χ0n) is 12.9. The van der Waals surface area contributed by atoms with Crippen LogP contribution in [0.1, 0.15) is 18.2 Å². The van der Waals surface area contributed by atoms with Crippen molar-refractivity contribution in [3.63, 3.8) is 0 Å². The highest BCUT2D eigenvalue weighted by molar-refractivity contribution is 6.35. The Balaban J connectivity index is 1.78. The van der Waals surface area contributed by atoms with E-state index in [1.54, 1.807) is 36.4 Å². The summed E-state index contributed by atoms with van der Waals surface area (Å²) in [5, 5.41) is 8.74. The van der Waals surface area contributed by atoms with Crippen LogP contribution in [-0.4, -0.2) is 23.9 Å². The van der Waals surface area contributed by atoms with E-state index in [1.807, 2.05) is 0 Å². The monoisotopic (exact) mass is 328 g/mol. The number of rotatable bonds is 5. The first-order chi connectivity index (χ1) is 11.5. The van der Waals surface area contributed by atoms with Crippen LogP contribution >= 0.6 is 0 Å². The number of nitrogens with one attached hydrogen (secondary N) is 3. The van der Waals surface area contributed by atoms with Gasteiger partial charge in [0.25, 0.3) is 0 Å². The average molecular weight is 328 g/mol. The Hall–Kier alpha value is -3.42. The number of furan rings is 1. The van der Waals surface area contributed by atoms with Crippen LogP contribution in [0.15, 0.2) is 52.2 Å². The molecule has 24 heavy (non-hydrogen) atoms. The SMILES string of the molecule is CC(=O)Nc1ccc(/C=N\NC(=O)C(=O)NCc2ccco2)cc1. The second kappa shape index (κ2) is 8.28. The molecule has 2 rings (SSSR count). The van der Waals surface area contributed by atoms with Gasteiger partial charge in [0.05, 0.1) is 19.0 Å². The van der Waals surface area contributed by atoms with Gasteiger partial charge in [0.15, 0.2) is 0 Å². The van der Waals surface area contributed by atoms with E-state index in [2.05, 4.69) is 21.2 Å². The van der Waals surface area contributed by atoms with Crippen LogP contribution < -0.4 is 16.1 Å². The molecule has 1 aromatic carbocycles. The maximum Gasteiger partial charge on any atom is 0.329 e. The molecule has 0 aliphatic heterocycles. The van der Waals surface area contributed by atoms with Crippen LogP contribution in [0.5, 0.6) is 0 Å². The Morgan fingerprint density at radius 3 is 2.50 bits per heavy atom. The number of hydrogen-bond acceptors (Lipinski definition) is 5. The van der Waals surface area contributed by atoms with E-state index >= 15 is 0 Å². The number of anilines is 1. The third kappa shape index (κ3) is 5.41. The van der Waals surface area contributed by atoms with E-state index in [1.165, 1.54) is 19.4 Å². The molecule has 0 bridgehead atoms. The first-order valence-electron chi connectivity index (χ1n) is 7.06. The smallest absolute Gasteiger partial charge is 0.329 e. The molecule has 0 saturated heterocycles. The van der Waals surface area contributed by atoms with Crippen molar-refractivity contribution < 1.29 is 18.8 Å². The second-order valence-corrected chi connectivity index (χ2v) is 4.76. The van der Waals surface area contributed by atoms with Gasteiger partial charge in [0, 0.05) is 12.6 Å². The molecule has 0 radical (unpaired) electrons. The minimum absolute atomic E-state index is 0.119. The Bertz CT molecular complexity index is 736. The number of hydrazone groups is 1. The molecule has 3 amide bonds. The Morgan fingerprint density at radius 1 is 1.12 bits per heavy atom. The summed E-state index contributed by atoms with van der Waals surface area (Å²) >= 11 is 0. The summed E-state index contributed by atoms with van der Waals surface area (Å²) in [5.74, 6) is -1.32. The van der Waals surface area contributed by atoms with Crippen LogP contribution in [0.3, 0.4) is 0 Å². The maximum atomic E-state index is 11.6.